The molecule has 1 aromatic rings. The van der Waals surface area contributed by atoms with Gasteiger partial charge in [0.25, 0.3) is 0 Å². The molecular weight excluding hydrogens is 246 g/mol. The Morgan fingerprint density at radius 3 is 2.63 bits per heavy atom. The second-order valence-electron chi connectivity index (χ2n) is 4.56. The normalized spacial score (nSPS) is 18.1. The molecule has 8 heteroatoms. The molecule has 1 aromatic heterocycles. The van der Waals surface area contributed by atoms with Crippen LogP contribution >= 0.6 is 0 Å². The van der Waals surface area contributed by atoms with E-state index in [1.54, 1.807) is 0 Å². The van der Waals surface area contributed by atoms with Gasteiger partial charge in [-0.15, -0.1) is 0 Å². The lowest BCUT2D eigenvalue weighted by atomic mass is 10.3. The Morgan fingerprint density at radius 2 is 2.05 bits per heavy atom. The molecule has 0 aliphatic carbocycles. The maximum atomic E-state index is 11.2. The molecule has 0 aromatic carbocycles. The summed E-state index contributed by atoms with van der Waals surface area (Å²) >= 11 is 0. The second-order valence-corrected chi connectivity index (χ2v) is 4.56. The van der Waals surface area contributed by atoms with Crippen molar-refractivity contribution in [2.75, 3.05) is 42.7 Å². The lowest BCUT2D eigenvalue weighted by Gasteiger charge is -2.15. The van der Waals surface area contributed by atoms with Crippen molar-refractivity contribution in [3.8, 4) is 0 Å². The average Bonchev–Trinajstić information content (AvgIpc) is 2.75. The van der Waals surface area contributed by atoms with E-state index in [1.165, 1.54) is 0 Å². The molecule has 2 rings (SSSR count). The number of hydrogen-bond donors (Lipinski definition) is 3. The molecule has 0 spiro atoms. The first-order chi connectivity index (χ1) is 9.08. The number of hydrogen-bond acceptors (Lipinski definition) is 7. The maximum Gasteiger partial charge on any atom is 0.231 e. The molecule has 1 saturated heterocycles. The van der Waals surface area contributed by atoms with Crippen LogP contribution < -0.4 is 20.9 Å². The van der Waals surface area contributed by atoms with Crippen LogP contribution in [0.3, 0.4) is 0 Å². The van der Waals surface area contributed by atoms with Gasteiger partial charge < -0.3 is 20.9 Å². The smallest absolute Gasteiger partial charge is 0.231 e. The van der Waals surface area contributed by atoms with Gasteiger partial charge in [0, 0.05) is 33.6 Å². The Kier molecular flexibility index (Phi) is 3.98. The van der Waals surface area contributed by atoms with Crippen molar-refractivity contribution in [3.05, 3.63) is 0 Å². The number of nitrogens with one attached hydrogen (secondary N) is 3. The molecule has 1 atom stereocenters. The fourth-order valence-electron chi connectivity index (χ4n) is 1.76. The van der Waals surface area contributed by atoms with Crippen LogP contribution in [0.2, 0.25) is 0 Å². The van der Waals surface area contributed by atoms with E-state index in [4.69, 9.17) is 0 Å². The summed E-state index contributed by atoms with van der Waals surface area (Å²) < 4.78 is 0. The molecule has 0 saturated carbocycles. The van der Waals surface area contributed by atoms with Crippen molar-refractivity contribution in [2.45, 2.75) is 19.4 Å². The molecule has 8 nitrogen and oxygen atoms in total. The first-order valence-corrected chi connectivity index (χ1v) is 6.29. The van der Waals surface area contributed by atoms with Crippen LogP contribution in [0.4, 0.5) is 17.8 Å². The first-order valence-electron chi connectivity index (χ1n) is 6.29. The summed E-state index contributed by atoms with van der Waals surface area (Å²) in [5, 5.41) is 8.99. The lowest BCUT2D eigenvalue weighted by molar-refractivity contribution is -0.119. The minimum atomic E-state index is 0.0272. The zero-order valence-corrected chi connectivity index (χ0v) is 11.4. The number of carbonyl (C=O) groups is 1. The van der Waals surface area contributed by atoms with Gasteiger partial charge in [-0.3, -0.25) is 4.79 Å². The third-order valence-electron chi connectivity index (χ3n) is 2.67. The zero-order chi connectivity index (χ0) is 13.8. The minimum absolute atomic E-state index is 0.0272. The Bertz CT molecular complexity index is 462. The molecule has 3 N–H and O–H groups in total. The van der Waals surface area contributed by atoms with Crippen molar-refractivity contribution in [1.29, 1.82) is 0 Å². The number of nitrogens with zero attached hydrogens (tertiary/aromatic N) is 4. The topological polar surface area (TPSA) is 95.1 Å². The molecule has 104 valence electrons. The van der Waals surface area contributed by atoms with Crippen molar-refractivity contribution >= 4 is 23.8 Å². The highest BCUT2D eigenvalue weighted by Gasteiger charge is 2.22. The number of rotatable bonds is 5. The van der Waals surface area contributed by atoms with Gasteiger partial charge in [-0.2, -0.15) is 15.0 Å². The van der Waals surface area contributed by atoms with Gasteiger partial charge in [-0.05, 0) is 6.92 Å². The quantitative estimate of drug-likeness (QED) is 0.671. The van der Waals surface area contributed by atoms with Crippen LogP contribution in [0.1, 0.15) is 13.3 Å². The van der Waals surface area contributed by atoms with Gasteiger partial charge in [0.15, 0.2) is 0 Å². The monoisotopic (exact) mass is 265 g/mol. The number of amides is 1. The Hall–Kier alpha value is -2.12. The number of carbonyl (C=O) groups excluding carboxylic acids is 1. The standard InChI is InChI=1S/C11H19N7O/c1-4-12-9-15-10(17-11(16-9)18(2)3)14-7-5-8(19)13-6-7/h7H,4-6H2,1-3H3,(H,13,19)(H2,12,14,15,16,17). The predicted molar refractivity (Wildman–Crippen MR) is 73.4 cm³/mol. The summed E-state index contributed by atoms with van der Waals surface area (Å²) in [6.07, 6.45) is 0.444. The van der Waals surface area contributed by atoms with Crippen molar-refractivity contribution in [2.24, 2.45) is 0 Å². The van der Waals surface area contributed by atoms with Crippen LogP contribution in [0, 0.1) is 0 Å². The van der Waals surface area contributed by atoms with Crippen LogP contribution in [-0.2, 0) is 4.79 Å². The third kappa shape index (κ3) is 3.43. The second kappa shape index (κ2) is 5.68. The summed E-state index contributed by atoms with van der Waals surface area (Å²) in [7, 11) is 3.74. The molecule has 19 heavy (non-hydrogen) atoms. The molecule has 1 amide bonds. The summed E-state index contributed by atoms with van der Waals surface area (Å²) in [6.45, 7) is 3.31. The third-order valence-corrected chi connectivity index (χ3v) is 2.67. The summed E-state index contributed by atoms with van der Waals surface area (Å²) in [5.41, 5.74) is 0. The summed E-state index contributed by atoms with van der Waals surface area (Å²) in [6, 6.07) is 0.0272. The highest BCUT2D eigenvalue weighted by atomic mass is 16.1. The molecule has 2 heterocycles. The molecule has 1 unspecified atom stereocenters. The van der Waals surface area contributed by atoms with E-state index in [-0.39, 0.29) is 11.9 Å². The van der Waals surface area contributed by atoms with E-state index in [1.807, 2.05) is 25.9 Å². The van der Waals surface area contributed by atoms with Crippen LogP contribution in [0.5, 0.6) is 0 Å². The van der Waals surface area contributed by atoms with E-state index < -0.39 is 0 Å². The van der Waals surface area contributed by atoms with E-state index in [2.05, 4.69) is 30.9 Å². The van der Waals surface area contributed by atoms with Gasteiger partial charge in [0.1, 0.15) is 0 Å². The van der Waals surface area contributed by atoms with Gasteiger partial charge in [0.05, 0.1) is 6.04 Å². The Labute approximate surface area is 112 Å². The van der Waals surface area contributed by atoms with Crippen molar-refractivity contribution in [1.82, 2.24) is 20.3 Å². The summed E-state index contributed by atoms with van der Waals surface area (Å²) in [4.78, 5) is 25.9. The average molecular weight is 265 g/mol. The fourth-order valence-corrected chi connectivity index (χ4v) is 1.76. The van der Waals surface area contributed by atoms with Gasteiger partial charge in [-0.1, -0.05) is 0 Å². The highest BCUT2D eigenvalue weighted by molar-refractivity contribution is 5.79. The van der Waals surface area contributed by atoms with Crippen molar-refractivity contribution < 1.29 is 4.79 Å². The maximum absolute atomic E-state index is 11.2. The summed E-state index contributed by atoms with van der Waals surface area (Å²) in [5.74, 6) is 1.63. The van der Waals surface area contributed by atoms with Gasteiger partial charge >= 0.3 is 0 Å². The minimum Gasteiger partial charge on any atom is -0.354 e. The Balaban J connectivity index is 2.16. The van der Waals surface area contributed by atoms with E-state index in [0.717, 1.165) is 6.54 Å². The van der Waals surface area contributed by atoms with Crippen molar-refractivity contribution in [3.63, 3.8) is 0 Å². The van der Waals surface area contributed by atoms with Crippen LogP contribution in [-0.4, -0.2) is 54.1 Å². The van der Waals surface area contributed by atoms with Gasteiger partial charge in [-0.25, -0.2) is 0 Å². The fraction of sp³-hybridized carbons (Fsp3) is 0.636. The van der Waals surface area contributed by atoms with E-state index >= 15 is 0 Å². The van der Waals surface area contributed by atoms with Gasteiger partial charge in [0.2, 0.25) is 23.8 Å². The highest BCUT2D eigenvalue weighted by Crippen LogP contribution is 2.13. The zero-order valence-electron chi connectivity index (χ0n) is 11.4. The molecular formula is C11H19N7O. The number of aromatic nitrogens is 3. The lowest BCUT2D eigenvalue weighted by Crippen LogP contribution is -2.25. The largest absolute Gasteiger partial charge is 0.354 e. The Morgan fingerprint density at radius 1 is 1.32 bits per heavy atom. The van der Waals surface area contributed by atoms with E-state index in [0.29, 0.717) is 30.8 Å². The first kappa shape index (κ1) is 13.3. The predicted octanol–water partition coefficient (Wildman–Crippen LogP) is -0.330. The molecule has 0 radical (unpaired) electrons. The van der Waals surface area contributed by atoms with Crippen LogP contribution in [0.15, 0.2) is 0 Å². The van der Waals surface area contributed by atoms with Crippen LogP contribution in [0.25, 0.3) is 0 Å². The molecule has 0 bridgehead atoms. The number of anilines is 3. The molecule has 1 aliphatic heterocycles. The molecule has 1 aliphatic rings. The SMILES string of the molecule is CCNc1nc(NC2CNC(=O)C2)nc(N(C)C)n1. The molecule has 1 fully saturated rings. The van der Waals surface area contributed by atoms with E-state index in [9.17, 15) is 4.79 Å².